The van der Waals surface area contributed by atoms with Crippen molar-refractivity contribution in [1.82, 2.24) is 29.5 Å². The van der Waals surface area contributed by atoms with Crippen molar-refractivity contribution in [2.45, 2.75) is 102 Å². The summed E-state index contributed by atoms with van der Waals surface area (Å²) >= 11 is 0. The Balaban J connectivity index is 1.20. The first-order valence-corrected chi connectivity index (χ1v) is 13.7. The molecule has 2 saturated carbocycles. The summed E-state index contributed by atoms with van der Waals surface area (Å²) in [6.07, 6.45) is 6.88. The van der Waals surface area contributed by atoms with Crippen LogP contribution in [0.5, 0.6) is 0 Å². The van der Waals surface area contributed by atoms with Crippen molar-refractivity contribution < 1.29 is 13.6 Å². The summed E-state index contributed by atoms with van der Waals surface area (Å²) in [6.45, 7) is 11.2. The third-order valence-corrected chi connectivity index (χ3v) is 9.15. The number of alkyl halides is 2. The highest BCUT2D eigenvalue weighted by atomic mass is 19.3. The minimum atomic E-state index is -2.78. The van der Waals surface area contributed by atoms with E-state index in [4.69, 9.17) is 5.10 Å². The molecule has 3 heterocycles. The number of nitrogens with zero attached hydrogens (tertiary/aromatic N) is 6. The minimum Gasteiger partial charge on any atom is -0.343 e. The van der Waals surface area contributed by atoms with Crippen LogP contribution in [0.15, 0.2) is 6.33 Å². The molecule has 4 aliphatic rings. The van der Waals surface area contributed by atoms with E-state index in [-0.39, 0.29) is 30.2 Å². The van der Waals surface area contributed by atoms with Gasteiger partial charge in [-0.15, -0.1) is 0 Å². The number of halogens is 2. The number of piperidine rings is 1. The zero-order chi connectivity index (χ0) is 24.8. The highest BCUT2D eigenvalue weighted by Gasteiger charge is 2.50. The van der Waals surface area contributed by atoms with Gasteiger partial charge in [-0.2, -0.15) is 5.10 Å². The first-order chi connectivity index (χ1) is 16.7. The maximum absolute atomic E-state index is 15.2. The molecule has 0 unspecified atom stereocenters. The van der Waals surface area contributed by atoms with Gasteiger partial charge >= 0.3 is 0 Å². The smallest absolute Gasteiger partial charge is 0.252 e. The first-order valence-electron chi connectivity index (χ1n) is 13.7. The minimum absolute atomic E-state index is 0.0483. The summed E-state index contributed by atoms with van der Waals surface area (Å²) in [5.74, 6) is -2.92. The van der Waals surface area contributed by atoms with Crippen molar-refractivity contribution in [3.05, 3.63) is 12.2 Å². The van der Waals surface area contributed by atoms with E-state index in [2.05, 4.69) is 35.6 Å². The molecule has 1 amide bonds. The van der Waals surface area contributed by atoms with Gasteiger partial charge in [-0.25, -0.2) is 18.4 Å². The van der Waals surface area contributed by atoms with Crippen molar-refractivity contribution in [3.63, 3.8) is 0 Å². The van der Waals surface area contributed by atoms with Gasteiger partial charge in [-0.1, -0.05) is 6.92 Å². The quantitative estimate of drug-likeness (QED) is 0.606. The largest absolute Gasteiger partial charge is 0.343 e. The van der Waals surface area contributed by atoms with Crippen molar-refractivity contribution in [2.75, 3.05) is 39.3 Å². The van der Waals surface area contributed by atoms with Crippen LogP contribution in [0, 0.1) is 5.92 Å². The number of hydrogen-bond donors (Lipinski definition) is 0. The lowest BCUT2D eigenvalue weighted by Crippen LogP contribution is -2.58. The molecule has 2 aliphatic heterocycles. The Bertz CT molecular complexity index is 884. The normalized spacial score (nSPS) is 30.1. The van der Waals surface area contributed by atoms with E-state index in [1.165, 1.54) is 12.8 Å². The van der Waals surface area contributed by atoms with Gasteiger partial charge in [-0.05, 0) is 52.4 Å². The number of piperazine rings is 1. The molecule has 2 atom stereocenters. The summed E-state index contributed by atoms with van der Waals surface area (Å²) in [7, 11) is 0. The van der Waals surface area contributed by atoms with Gasteiger partial charge in [0.15, 0.2) is 5.82 Å². The SMILES string of the molecule is CC(C)N1CCN([C@H]2CCCC(F)(F)[C@@H]2CC(=O)N2CCC(C)(c3ncn(C4CC4)n3)CC2)CC1. The fraction of sp³-hybridized carbons (Fsp3) is 0.885. The fourth-order valence-electron chi connectivity index (χ4n) is 6.38. The summed E-state index contributed by atoms with van der Waals surface area (Å²) in [6, 6.07) is 0.771. The number of aromatic nitrogens is 3. The Morgan fingerprint density at radius 1 is 1.06 bits per heavy atom. The van der Waals surface area contributed by atoms with Crippen molar-refractivity contribution in [3.8, 4) is 0 Å². The maximum Gasteiger partial charge on any atom is 0.252 e. The number of likely N-dealkylation sites (tertiary alicyclic amines) is 1. The van der Waals surface area contributed by atoms with Crippen LogP contribution >= 0.6 is 0 Å². The molecule has 2 aliphatic carbocycles. The molecule has 9 heteroatoms. The van der Waals surface area contributed by atoms with E-state index in [9.17, 15) is 4.79 Å². The van der Waals surface area contributed by atoms with Crippen LogP contribution in [0.3, 0.4) is 0 Å². The number of rotatable bonds is 6. The van der Waals surface area contributed by atoms with Gasteiger partial charge in [0.2, 0.25) is 5.91 Å². The van der Waals surface area contributed by atoms with Gasteiger partial charge < -0.3 is 4.90 Å². The molecule has 7 nitrogen and oxygen atoms in total. The predicted octanol–water partition coefficient (Wildman–Crippen LogP) is 3.71. The fourth-order valence-corrected chi connectivity index (χ4v) is 6.38. The van der Waals surface area contributed by atoms with Crippen molar-refractivity contribution >= 4 is 5.91 Å². The molecule has 0 bridgehead atoms. The lowest BCUT2D eigenvalue weighted by molar-refractivity contribution is -0.151. The summed E-state index contributed by atoms with van der Waals surface area (Å²) in [5.41, 5.74) is -0.162. The molecule has 0 N–H and O–H groups in total. The van der Waals surface area contributed by atoms with Crippen LogP contribution < -0.4 is 0 Å². The molecular weight excluding hydrogens is 450 g/mol. The summed E-state index contributed by atoms with van der Waals surface area (Å²) in [5, 5.41) is 4.72. The Labute approximate surface area is 208 Å². The van der Waals surface area contributed by atoms with Crippen LogP contribution in [0.25, 0.3) is 0 Å². The van der Waals surface area contributed by atoms with E-state index in [1.807, 2.05) is 15.9 Å². The van der Waals surface area contributed by atoms with Crippen LogP contribution in [0.2, 0.25) is 0 Å². The zero-order valence-corrected chi connectivity index (χ0v) is 21.6. The van der Waals surface area contributed by atoms with Crippen LogP contribution in [0.4, 0.5) is 8.78 Å². The highest BCUT2D eigenvalue weighted by molar-refractivity contribution is 5.76. The molecule has 4 fully saturated rings. The monoisotopic (exact) mass is 492 g/mol. The van der Waals surface area contributed by atoms with Crippen molar-refractivity contribution in [2.24, 2.45) is 5.92 Å². The topological polar surface area (TPSA) is 57.5 Å². The standard InChI is InChI=1S/C26H42F2N6O/c1-19(2)31-13-15-32(16-14-31)22-5-4-8-26(27,28)21(22)17-23(35)33-11-9-25(3,10-12-33)24-29-18-34(30-24)20-6-7-20/h18-22H,4-17H2,1-3H3/t21-,22+/m1/s1. The first kappa shape index (κ1) is 25.1. The van der Waals surface area contributed by atoms with Gasteiger partial charge in [0, 0.05) is 75.5 Å². The van der Waals surface area contributed by atoms with Crippen LogP contribution in [-0.4, -0.2) is 92.6 Å². The van der Waals surface area contributed by atoms with Crippen LogP contribution in [0.1, 0.15) is 84.0 Å². The Morgan fingerprint density at radius 2 is 1.74 bits per heavy atom. The van der Waals surface area contributed by atoms with Crippen LogP contribution in [-0.2, 0) is 10.2 Å². The van der Waals surface area contributed by atoms with Gasteiger partial charge in [-0.3, -0.25) is 14.6 Å². The Kier molecular flexibility index (Phi) is 6.94. The molecule has 1 aromatic rings. The molecular formula is C26H42F2N6O. The van der Waals surface area contributed by atoms with E-state index < -0.39 is 11.8 Å². The molecule has 0 aromatic carbocycles. The third-order valence-electron chi connectivity index (χ3n) is 9.15. The van der Waals surface area contributed by atoms with Gasteiger partial charge in [0.1, 0.15) is 6.33 Å². The van der Waals surface area contributed by atoms with E-state index >= 15 is 8.78 Å². The number of hydrogen-bond acceptors (Lipinski definition) is 5. The zero-order valence-electron chi connectivity index (χ0n) is 21.6. The van der Waals surface area contributed by atoms with E-state index in [0.717, 1.165) is 51.3 Å². The van der Waals surface area contributed by atoms with E-state index in [1.54, 1.807) is 0 Å². The van der Waals surface area contributed by atoms with E-state index in [0.29, 0.717) is 31.6 Å². The third kappa shape index (κ3) is 5.26. The molecule has 5 rings (SSSR count). The lowest BCUT2D eigenvalue weighted by Gasteiger charge is -2.47. The second-order valence-electron chi connectivity index (χ2n) is 11.9. The Morgan fingerprint density at radius 3 is 2.37 bits per heavy atom. The lowest BCUT2D eigenvalue weighted by atomic mass is 9.77. The molecule has 196 valence electrons. The second kappa shape index (κ2) is 9.69. The highest BCUT2D eigenvalue weighted by Crippen LogP contribution is 2.44. The molecule has 1 aromatic heterocycles. The average Bonchev–Trinajstić information content (AvgIpc) is 3.56. The predicted molar refractivity (Wildman–Crippen MR) is 130 cm³/mol. The Hall–Kier alpha value is -1.61. The van der Waals surface area contributed by atoms with Crippen molar-refractivity contribution in [1.29, 1.82) is 0 Å². The number of amides is 1. The average molecular weight is 493 g/mol. The maximum atomic E-state index is 15.2. The summed E-state index contributed by atoms with van der Waals surface area (Å²) < 4.78 is 32.4. The van der Waals surface area contributed by atoms with Gasteiger partial charge in [0.05, 0.1) is 6.04 Å². The van der Waals surface area contributed by atoms with Gasteiger partial charge in [0.25, 0.3) is 5.92 Å². The summed E-state index contributed by atoms with van der Waals surface area (Å²) in [4.78, 5) is 24.4. The molecule has 2 saturated heterocycles. The molecule has 35 heavy (non-hydrogen) atoms. The number of carbonyl (C=O) groups is 1. The second-order valence-corrected chi connectivity index (χ2v) is 11.9. The molecule has 0 spiro atoms. The molecule has 0 radical (unpaired) electrons. The number of carbonyl (C=O) groups excluding carboxylic acids is 1.